The fourth-order valence-electron chi connectivity index (χ4n) is 2.09. The van der Waals surface area contributed by atoms with Crippen LogP contribution in [-0.4, -0.2) is 24.8 Å². The summed E-state index contributed by atoms with van der Waals surface area (Å²) in [6, 6.07) is 12.5. The summed E-state index contributed by atoms with van der Waals surface area (Å²) in [5.41, 5.74) is 2.18. The third-order valence-corrected chi connectivity index (χ3v) is 3.32. The van der Waals surface area contributed by atoms with Gasteiger partial charge in [0.05, 0.1) is 19.3 Å². The number of carboxylic acids is 1. The van der Waals surface area contributed by atoms with Gasteiger partial charge in [-0.15, -0.1) is 0 Å². The van der Waals surface area contributed by atoms with Crippen molar-refractivity contribution in [1.82, 2.24) is 0 Å². The van der Waals surface area contributed by atoms with E-state index in [1.165, 1.54) is 0 Å². The molecular weight excluding hydrogens is 294 g/mol. The standard InChI is InChI=1S/C18H21NO4/c1-3-10-23-16-9-4-13(11-17(16)22-2)12-19-15-7-5-14(6-8-15)18(20)21/h4-9,11,19H,3,10,12H2,1-2H3,(H,20,21). The lowest BCUT2D eigenvalue weighted by Gasteiger charge is -2.12. The summed E-state index contributed by atoms with van der Waals surface area (Å²) in [7, 11) is 1.62. The summed E-state index contributed by atoms with van der Waals surface area (Å²) in [5, 5.41) is 12.1. The van der Waals surface area contributed by atoms with Crippen LogP contribution >= 0.6 is 0 Å². The Hall–Kier alpha value is -2.69. The summed E-state index contributed by atoms with van der Waals surface area (Å²) < 4.78 is 11.0. The van der Waals surface area contributed by atoms with Crippen molar-refractivity contribution in [3.63, 3.8) is 0 Å². The van der Waals surface area contributed by atoms with Crippen molar-refractivity contribution in [3.05, 3.63) is 53.6 Å². The van der Waals surface area contributed by atoms with Gasteiger partial charge in [-0.2, -0.15) is 0 Å². The highest BCUT2D eigenvalue weighted by molar-refractivity contribution is 5.87. The summed E-state index contributed by atoms with van der Waals surface area (Å²) >= 11 is 0. The molecule has 2 N–H and O–H groups in total. The zero-order valence-electron chi connectivity index (χ0n) is 13.3. The SMILES string of the molecule is CCCOc1ccc(CNc2ccc(C(=O)O)cc2)cc1OC. The molecule has 122 valence electrons. The second-order valence-electron chi connectivity index (χ2n) is 5.07. The number of carboxylic acid groups (broad SMARTS) is 1. The van der Waals surface area contributed by atoms with Gasteiger partial charge in [-0.1, -0.05) is 13.0 Å². The van der Waals surface area contributed by atoms with Crippen LogP contribution in [0.1, 0.15) is 29.3 Å². The second kappa shape index (κ2) is 8.08. The van der Waals surface area contributed by atoms with Gasteiger partial charge < -0.3 is 19.9 Å². The van der Waals surface area contributed by atoms with Gasteiger partial charge >= 0.3 is 5.97 Å². The average Bonchev–Trinajstić information content (AvgIpc) is 2.58. The summed E-state index contributed by atoms with van der Waals surface area (Å²) in [5.74, 6) is 0.520. The van der Waals surface area contributed by atoms with Gasteiger partial charge in [0.25, 0.3) is 0 Å². The number of hydrogen-bond acceptors (Lipinski definition) is 4. The van der Waals surface area contributed by atoms with E-state index in [0.717, 1.165) is 23.4 Å². The highest BCUT2D eigenvalue weighted by atomic mass is 16.5. The van der Waals surface area contributed by atoms with Gasteiger partial charge in [-0.05, 0) is 48.4 Å². The third kappa shape index (κ3) is 4.64. The fourth-order valence-corrected chi connectivity index (χ4v) is 2.09. The van der Waals surface area contributed by atoms with Crippen LogP contribution in [0.5, 0.6) is 11.5 Å². The Labute approximate surface area is 135 Å². The topological polar surface area (TPSA) is 67.8 Å². The van der Waals surface area contributed by atoms with E-state index in [2.05, 4.69) is 12.2 Å². The lowest BCUT2D eigenvalue weighted by atomic mass is 10.1. The van der Waals surface area contributed by atoms with Crippen LogP contribution in [0.4, 0.5) is 5.69 Å². The van der Waals surface area contributed by atoms with Crippen molar-refractivity contribution in [2.24, 2.45) is 0 Å². The van der Waals surface area contributed by atoms with Gasteiger partial charge in [-0.25, -0.2) is 4.79 Å². The van der Waals surface area contributed by atoms with E-state index in [9.17, 15) is 4.79 Å². The van der Waals surface area contributed by atoms with Crippen LogP contribution in [-0.2, 0) is 6.54 Å². The highest BCUT2D eigenvalue weighted by Crippen LogP contribution is 2.28. The molecule has 0 aliphatic rings. The minimum Gasteiger partial charge on any atom is -0.493 e. The van der Waals surface area contributed by atoms with Crippen LogP contribution in [0.15, 0.2) is 42.5 Å². The van der Waals surface area contributed by atoms with Crippen molar-refractivity contribution >= 4 is 11.7 Å². The van der Waals surface area contributed by atoms with Crippen LogP contribution in [0.3, 0.4) is 0 Å². The van der Waals surface area contributed by atoms with Crippen molar-refractivity contribution in [2.75, 3.05) is 19.0 Å². The first-order valence-corrected chi connectivity index (χ1v) is 7.51. The molecule has 0 saturated heterocycles. The molecule has 0 aliphatic heterocycles. The third-order valence-electron chi connectivity index (χ3n) is 3.32. The van der Waals surface area contributed by atoms with Crippen molar-refractivity contribution in [2.45, 2.75) is 19.9 Å². The first-order chi connectivity index (χ1) is 11.1. The predicted molar refractivity (Wildman–Crippen MR) is 89.5 cm³/mol. The molecule has 5 nitrogen and oxygen atoms in total. The Balaban J connectivity index is 2.01. The molecule has 0 saturated carbocycles. The molecule has 2 rings (SSSR count). The second-order valence-corrected chi connectivity index (χ2v) is 5.07. The molecule has 0 unspecified atom stereocenters. The van der Waals surface area contributed by atoms with E-state index in [1.54, 1.807) is 31.4 Å². The molecule has 0 bridgehead atoms. The van der Waals surface area contributed by atoms with Crippen molar-refractivity contribution < 1.29 is 19.4 Å². The van der Waals surface area contributed by atoms with Crippen LogP contribution < -0.4 is 14.8 Å². The summed E-state index contributed by atoms with van der Waals surface area (Å²) in [6.45, 7) is 3.32. The molecule has 0 fully saturated rings. The van der Waals surface area contributed by atoms with Crippen LogP contribution in [0, 0.1) is 0 Å². The van der Waals surface area contributed by atoms with Crippen molar-refractivity contribution in [3.8, 4) is 11.5 Å². The van der Waals surface area contributed by atoms with Gasteiger partial charge in [0.15, 0.2) is 11.5 Å². The Morgan fingerprint density at radius 2 is 1.87 bits per heavy atom. The maximum Gasteiger partial charge on any atom is 0.335 e. The molecule has 2 aromatic rings. The van der Waals surface area contributed by atoms with Gasteiger partial charge in [-0.3, -0.25) is 0 Å². The molecule has 5 heteroatoms. The number of benzene rings is 2. The fraction of sp³-hybridized carbons (Fsp3) is 0.278. The van der Waals surface area contributed by atoms with E-state index < -0.39 is 5.97 Å². The number of rotatable bonds is 8. The molecule has 0 amide bonds. The Kier molecular flexibility index (Phi) is 5.86. The highest BCUT2D eigenvalue weighted by Gasteiger charge is 2.06. The average molecular weight is 315 g/mol. The number of nitrogens with one attached hydrogen (secondary N) is 1. The maximum atomic E-state index is 10.8. The first-order valence-electron chi connectivity index (χ1n) is 7.51. The van der Waals surface area contributed by atoms with Gasteiger partial charge in [0.2, 0.25) is 0 Å². The zero-order valence-corrected chi connectivity index (χ0v) is 13.3. The molecule has 0 heterocycles. The molecule has 0 radical (unpaired) electrons. The maximum absolute atomic E-state index is 10.8. The summed E-state index contributed by atoms with van der Waals surface area (Å²) in [4.78, 5) is 10.8. The molecule has 0 aromatic heterocycles. The zero-order chi connectivity index (χ0) is 16.7. The molecule has 2 aromatic carbocycles. The number of methoxy groups -OCH3 is 1. The monoisotopic (exact) mass is 315 g/mol. The smallest absolute Gasteiger partial charge is 0.335 e. The van der Waals surface area contributed by atoms with E-state index >= 15 is 0 Å². The van der Waals surface area contributed by atoms with E-state index in [1.807, 2.05) is 18.2 Å². The number of carbonyl (C=O) groups is 1. The van der Waals surface area contributed by atoms with E-state index in [-0.39, 0.29) is 5.56 Å². The van der Waals surface area contributed by atoms with Crippen LogP contribution in [0.25, 0.3) is 0 Å². The molecule has 0 aliphatic carbocycles. The predicted octanol–water partition coefficient (Wildman–Crippen LogP) is 3.79. The number of ether oxygens (including phenoxy) is 2. The minimum absolute atomic E-state index is 0.273. The number of aromatic carboxylic acids is 1. The van der Waals surface area contributed by atoms with Crippen LogP contribution in [0.2, 0.25) is 0 Å². The molecule has 0 atom stereocenters. The Morgan fingerprint density at radius 3 is 2.48 bits per heavy atom. The van der Waals surface area contributed by atoms with E-state index in [4.69, 9.17) is 14.6 Å². The lowest BCUT2D eigenvalue weighted by molar-refractivity contribution is 0.0697. The van der Waals surface area contributed by atoms with E-state index in [0.29, 0.717) is 18.9 Å². The van der Waals surface area contributed by atoms with Gasteiger partial charge in [0, 0.05) is 12.2 Å². The van der Waals surface area contributed by atoms with Gasteiger partial charge in [0.1, 0.15) is 0 Å². The lowest BCUT2D eigenvalue weighted by Crippen LogP contribution is -2.02. The Morgan fingerprint density at radius 1 is 1.13 bits per heavy atom. The molecular formula is C18H21NO4. The first kappa shape index (κ1) is 16.7. The normalized spacial score (nSPS) is 10.2. The number of hydrogen-bond donors (Lipinski definition) is 2. The minimum atomic E-state index is -0.927. The van der Waals surface area contributed by atoms with Crippen molar-refractivity contribution in [1.29, 1.82) is 0 Å². The summed E-state index contributed by atoms with van der Waals surface area (Å²) in [6.07, 6.45) is 0.943. The molecule has 23 heavy (non-hydrogen) atoms. The quantitative estimate of drug-likeness (QED) is 0.775. The Bertz CT molecular complexity index is 653. The number of anilines is 1. The largest absolute Gasteiger partial charge is 0.493 e. The molecule has 0 spiro atoms.